The Balaban J connectivity index is 2.41. The van der Waals surface area contributed by atoms with Crippen molar-refractivity contribution in [2.75, 3.05) is 0 Å². The first-order chi connectivity index (χ1) is 8.87. The van der Waals surface area contributed by atoms with E-state index in [1.54, 1.807) is 6.07 Å². The Bertz CT molecular complexity index is 607. The van der Waals surface area contributed by atoms with Crippen molar-refractivity contribution < 1.29 is 22.7 Å². The molecule has 2 rings (SSSR count). The minimum Gasteiger partial charge on any atom is -0.405 e. The molecule has 0 radical (unpaired) electrons. The van der Waals surface area contributed by atoms with Crippen LogP contribution in [0.3, 0.4) is 0 Å². The van der Waals surface area contributed by atoms with Crippen LogP contribution in [0.4, 0.5) is 13.2 Å². The number of thiazole rings is 1. The van der Waals surface area contributed by atoms with Gasteiger partial charge in [0, 0.05) is 13.1 Å². The molecule has 0 aliphatic rings. The van der Waals surface area contributed by atoms with Gasteiger partial charge in [0.05, 0.1) is 10.4 Å². The summed E-state index contributed by atoms with van der Waals surface area (Å²) in [6.07, 6.45) is -3.43. The lowest BCUT2D eigenvalue weighted by Crippen LogP contribution is -2.17. The number of alkyl halides is 3. The number of Topliss-reactive ketones (excluding diaryl/α,β-unsaturated/α-hetero) is 1. The Morgan fingerprint density at radius 1 is 1.32 bits per heavy atom. The highest BCUT2D eigenvalue weighted by Gasteiger charge is 2.32. The predicted octanol–water partition coefficient (Wildman–Crippen LogP) is 3.91. The van der Waals surface area contributed by atoms with Crippen LogP contribution >= 0.6 is 11.3 Å². The summed E-state index contributed by atoms with van der Waals surface area (Å²) < 4.78 is 40.8. The van der Waals surface area contributed by atoms with Gasteiger partial charge in [-0.05, 0) is 12.1 Å². The Labute approximate surface area is 110 Å². The number of benzene rings is 1. The number of carbonyl (C=O) groups is 1. The average Bonchev–Trinajstić information content (AvgIpc) is 2.76. The monoisotopic (exact) mass is 287 g/mol. The van der Waals surface area contributed by atoms with Crippen LogP contribution in [-0.2, 0) is 0 Å². The van der Waals surface area contributed by atoms with E-state index in [-0.39, 0.29) is 17.1 Å². The van der Waals surface area contributed by atoms with E-state index >= 15 is 0 Å². The molecule has 100 valence electrons. The first-order valence-electron chi connectivity index (χ1n) is 5.19. The van der Waals surface area contributed by atoms with Crippen molar-refractivity contribution in [2.45, 2.75) is 13.3 Å². The summed E-state index contributed by atoms with van der Waals surface area (Å²) in [6, 6.07) is 5.68. The molecule has 0 saturated carbocycles. The SMILES string of the molecule is CC(=O)c1cnc(-c2ccccc2OC(F)(F)F)s1. The third-order valence-electron chi connectivity index (χ3n) is 2.20. The van der Waals surface area contributed by atoms with Crippen LogP contribution in [0, 0.1) is 0 Å². The van der Waals surface area contributed by atoms with Crippen molar-refractivity contribution in [1.82, 2.24) is 4.98 Å². The van der Waals surface area contributed by atoms with E-state index in [4.69, 9.17) is 0 Å². The van der Waals surface area contributed by atoms with Gasteiger partial charge >= 0.3 is 6.36 Å². The van der Waals surface area contributed by atoms with Gasteiger partial charge in [0.2, 0.25) is 0 Å². The molecule has 7 heteroatoms. The van der Waals surface area contributed by atoms with Crippen molar-refractivity contribution >= 4 is 17.1 Å². The molecule has 0 atom stereocenters. The second-order valence-electron chi connectivity index (χ2n) is 3.63. The topological polar surface area (TPSA) is 39.2 Å². The number of nitrogens with zero attached hydrogens (tertiary/aromatic N) is 1. The van der Waals surface area contributed by atoms with Crippen LogP contribution in [0.15, 0.2) is 30.5 Å². The molecular weight excluding hydrogens is 279 g/mol. The van der Waals surface area contributed by atoms with Gasteiger partial charge in [-0.1, -0.05) is 12.1 Å². The molecule has 1 aromatic carbocycles. The van der Waals surface area contributed by atoms with Crippen LogP contribution < -0.4 is 4.74 Å². The first-order valence-corrected chi connectivity index (χ1v) is 6.00. The minimum atomic E-state index is -4.77. The number of para-hydroxylation sites is 1. The molecule has 2 aromatic rings. The van der Waals surface area contributed by atoms with Gasteiger partial charge < -0.3 is 4.74 Å². The number of ether oxygens (including phenoxy) is 1. The lowest BCUT2D eigenvalue weighted by Gasteiger charge is -2.11. The molecule has 1 heterocycles. The fraction of sp³-hybridized carbons (Fsp3) is 0.167. The predicted molar refractivity (Wildman–Crippen MR) is 64.2 cm³/mol. The standard InChI is InChI=1S/C12H8F3NO2S/c1-7(17)10-6-16-11(19-10)8-4-2-3-5-9(8)18-12(13,14)15/h2-6H,1H3. The third-order valence-corrected chi connectivity index (χ3v) is 3.33. The van der Waals surface area contributed by atoms with Crippen molar-refractivity contribution in [3.05, 3.63) is 35.3 Å². The lowest BCUT2D eigenvalue weighted by molar-refractivity contribution is -0.274. The van der Waals surface area contributed by atoms with Gasteiger partial charge in [0.1, 0.15) is 10.8 Å². The van der Waals surface area contributed by atoms with E-state index < -0.39 is 6.36 Å². The molecule has 0 fully saturated rings. The second kappa shape index (κ2) is 5.00. The molecule has 0 spiro atoms. The highest BCUT2D eigenvalue weighted by atomic mass is 32.1. The molecule has 0 unspecified atom stereocenters. The summed E-state index contributed by atoms with van der Waals surface area (Å²) in [5, 5.41) is 0.310. The van der Waals surface area contributed by atoms with Crippen LogP contribution in [0.25, 0.3) is 10.6 Å². The number of carbonyl (C=O) groups excluding carboxylic acids is 1. The molecule has 0 bridgehead atoms. The molecule has 0 saturated heterocycles. The van der Waals surface area contributed by atoms with Gasteiger partial charge in [0.25, 0.3) is 0 Å². The fourth-order valence-corrected chi connectivity index (χ4v) is 2.26. The zero-order valence-electron chi connectivity index (χ0n) is 9.69. The summed E-state index contributed by atoms with van der Waals surface area (Å²) in [5.74, 6) is -0.516. The van der Waals surface area contributed by atoms with Gasteiger partial charge in [-0.15, -0.1) is 24.5 Å². The zero-order chi connectivity index (χ0) is 14.0. The molecule has 1 aromatic heterocycles. The Kier molecular flexibility index (Phi) is 3.57. The Hall–Kier alpha value is -1.89. The highest BCUT2D eigenvalue weighted by Crippen LogP contribution is 2.35. The largest absolute Gasteiger partial charge is 0.573 e. The van der Waals surface area contributed by atoms with Crippen LogP contribution in [0.5, 0.6) is 5.75 Å². The van der Waals surface area contributed by atoms with Gasteiger partial charge in [-0.25, -0.2) is 4.98 Å². The van der Waals surface area contributed by atoms with Crippen molar-refractivity contribution in [2.24, 2.45) is 0 Å². The lowest BCUT2D eigenvalue weighted by atomic mass is 10.2. The maximum absolute atomic E-state index is 12.3. The molecule has 0 amide bonds. The smallest absolute Gasteiger partial charge is 0.405 e. The Morgan fingerprint density at radius 3 is 2.58 bits per heavy atom. The van der Waals surface area contributed by atoms with Gasteiger partial charge in [-0.3, -0.25) is 4.79 Å². The fourth-order valence-electron chi connectivity index (χ4n) is 1.42. The average molecular weight is 287 g/mol. The summed E-state index contributed by atoms with van der Waals surface area (Å²) in [4.78, 5) is 15.5. The van der Waals surface area contributed by atoms with Crippen molar-refractivity contribution in [1.29, 1.82) is 0 Å². The van der Waals surface area contributed by atoms with E-state index in [2.05, 4.69) is 9.72 Å². The van der Waals surface area contributed by atoms with E-state index in [1.165, 1.54) is 31.3 Å². The summed E-state index contributed by atoms with van der Waals surface area (Å²) in [6.45, 7) is 1.37. The molecule has 0 N–H and O–H groups in total. The number of hydrogen-bond acceptors (Lipinski definition) is 4. The molecule has 0 aliphatic carbocycles. The van der Waals surface area contributed by atoms with Crippen molar-refractivity contribution in [3.63, 3.8) is 0 Å². The summed E-state index contributed by atoms with van der Waals surface area (Å²) in [5.41, 5.74) is 0.206. The first kappa shape index (κ1) is 13.5. The van der Waals surface area contributed by atoms with Gasteiger partial charge in [0.15, 0.2) is 5.78 Å². The number of rotatable bonds is 3. The molecular formula is C12H8F3NO2S. The van der Waals surface area contributed by atoms with Crippen LogP contribution in [-0.4, -0.2) is 17.1 Å². The third kappa shape index (κ3) is 3.31. The maximum atomic E-state index is 12.3. The highest BCUT2D eigenvalue weighted by molar-refractivity contribution is 7.16. The van der Waals surface area contributed by atoms with Crippen molar-refractivity contribution in [3.8, 4) is 16.3 Å². The van der Waals surface area contributed by atoms with Crippen LogP contribution in [0.1, 0.15) is 16.6 Å². The maximum Gasteiger partial charge on any atom is 0.573 e. The van der Waals surface area contributed by atoms with E-state index in [0.717, 1.165) is 11.3 Å². The Morgan fingerprint density at radius 2 is 2.00 bits per heavy atom. The van der Waals surface area contributed by atoms with Gasteiger partial charge in [-0.2, -0.15) is 0 Å². The molecule has 0 aliphatic heterocycles. The normalized spacial score (nSPS) is 11.4. The number of hydrogen-bond donors (Lipinski definition) is 0. The zero-order valence-corrected chi connectivity index (χ0v) is 10.5. The van der Waals surface area contributed by atoms with Crippen LogP contribution in [0.2, 0.25) is 0 Å². The summed E-state index contributed by atoms with van der Waals surface area (Å²) in [7, 11) is 0. The number of ketones is 1. The number of aromatic nitrogens is 1. The molecule has 19 heavy (non-hydrogen) atoms. The van der Waals surface area contributed by atoms with E-state index in [0.29, 0.717) is 9.88 Å². The minimum absolute atomic E-state index is 0.182. The second-order valence-corrected chi connectivity index (χ2v) is 4.66. The summed E-state index contributed by atoms with van der Waals surface area (Å²) >= 11 is 1.03. The number of halogens is 3. The molecule has 3 nitrogen and oxygen atoms in total. The van der Waals surface area contributed by atoms with E-state index in [9.17, 15) is 18.0 Å². The van der Waals surface area contributed by atoms with E-state index in [1.807, 2.05) is 0 Å². The quantitative estimate of drug-likeness (QED) is 0.803.